The van der Waals surface area contributed by atoms with Gasteiger partial charge in [0.1, 0.15) is 0 Å². The lowest BCUT2D eigenvalue weighted by atomic mass is 10.1. The van der Waals surface area contributed by atoms with Crippen molar-refractivity contribution in [3.05, 3.63) is 87.7 Å². The number of alkyl halides is 3. The van der Waals surface area contributed by atoms with Crippen LogP contribution >= 0.6 is 11.8 Å². The zero-order valence-electron chi connectivity index (χ0n) is 21.5. The van der Waals surface area contributed by atoms with Crippen LogP contribution < -0.4 is 20.4 Å². The van der Waals surface area contributed by atoms with E-state index in [4.69, 9.17) is 4.74 Å². The Labute approximate surface area is 229 Å². The molecule has 10 heteroatoms. The molecule has 1 saturated heterocycles. The summed E-state index contributed by atoms with van der Waals surface area (Å²) in [5.41, 5.74) is 3.93. The van der Waals surface area contributed by atoms with E-state index in [-0.39, 0.29) is 11.3 Å². The molecule has 0 spiro atoms. The molecule has 2 N–H and O–H groups in total. The van der Waals surface area contributed by atoms with Crippen molar-refractivity contribution >= 4 is 34.7 Å². The molecule has 0 atom stereocenters. The van der Waals surface area contributed by atoms with Gasteiger partial charge in [-0.05, 0) is 55.7 Å². The van der Waals surface area contributed by atoms with E-state index in [1.54, 1.807) is 22.7 Å². The van der Waals surface area contributed by atoms with Crippen LogP contribution in [0.1, 0.15) is 34.3 Å². The number of hydrogen-bond acceptors (Lipinski definition) is 6. The van der Waals surface area contributed by atoms with Crippen molar-refractivity contribution in [3.8, 4) is 0 Å². The van der Waals surface area contributed by atoms with Gasteiger partial charge in [0.05, 0.1) is 30.2 Å². The molecule has 4 aliphatic rings. The molecule has 39 heavy (non-hydrogen) atoms. The molecular weight excluding hydrogens is 525 g/mol. The third kappa shape index (κ3) is 5.53. The summed E-state index contributed by atoms with van der Waals surface area (Å²) in [6.07, 6.45) is 4.15. The number of hydrogen-bond donors (Lipinski definition) is 2. The van der Waals surface area contributed by atoms with E-state index in [1.807, 2.05) is 19.1 Å². The van der Waals surface area contributed by atoms with E-state index in [9.17, 15) is 18.0 Å². The topological polar surface area (TPSA) is 56.8 Å². The highest BCUT2D eigenvalue weighted by molar-refractivity contribution is 8.03. The molecule has 0 unspecified atom stereocenters. The fourth-order valence-corrected chi connectivity index (χ4v) is 5.94. The van der Waals surface area contributed by atoms with Crippen LogP contribution in [0.15, 0.2) is 71.0 Å². The van der Waals surface area contributed by atoms with Crippen LogP contribution in [0.3, 0.4) is 0 Å². The van der Waals surface area contributed by atoms with Gasteiger partial charge in [-0.3, -0.25) is 4.79 Å². The summed E-state index contributed by atoms with van der Waals surface area (Å²) in [6, 6.07) is 9.80. The predicted octanol–water partition coefficient (Wildman–Crippen LogP) is 6.03. The number of rotatable bonds is 6. The molecule has 2 aromatic rings. The Balaban J connectivity index is 1.25. The van der Waals surface area contributed by atoms with Crippen LogP contribution in [0.5, 0.6) is 0 Å². The van der Waals surface area contributed by atoms with Crippen LogP contribution in [0.2, 0.25) is 0 Å². The number of nitrogens with zero attached hydrogens (tertiary/aromatic N) is 2. The molecule has 2 fully saturated rings. The molecule has 0 aromatic heterocycles. The first-order valence-corrected chi connectivity index (χ1v) is 14.0. The molecular formula is C29H29F3N4O2S. The molecule has 2 aromatic carbocycles. The van der Waals surface area contributed by atoms with E-state index >= 15 is 0 Å². The number of ether oxygens (including phenoxy) is 1. The van der Waals surface area contributed by atoms with Gasteiger partial charge < -0.3 is 25.2 Å². The number of anilines is 3. The number of fused-ring (bicyclic) bond motifs is 1. The maximum Gasteiger partial charge on any atom is 0.418 e. The van der Waals surface area contributed by atoms with Gasteiger partial charge >= 0.3 is 6.18 Å². The number of benzene rings is 2. The summed E-state index contributed by atoms with van der Waals surface area (Å²) in [6.45, 7) is 3.47. The number of amides is 1. The first-order chi connectivity index (χ1) is 18.8. The summed E-state index contributed by atoms with van der Waals surface area (Å²) >= 11 is 1.78. The van der Waals surface area contributed by atoms with Gasteiger partial charge in [-0.25, -0.2) is 0 Å². The SMILES string of the molecule is Cc1ccc(NC(=O)c2ccc(N3CCOCC3)c(C(F)(F)F)c2)cc1N1C=C(NC2CC2)C2=CCSC2=C1. The largest absolute Gasteiger partial charge is 0.418 e. The van der Waals surface area contributed by atoms with Gasteiger partial charge in [-0.2, -0.15) is 13.2 Å². The highest BCUT2D eigenvalue weighted by Crippen LogP contribution is 2.41. The van der Waals surface area contributed by atoms with Crippen LogP contribution in [-0.4, -0.2) is 44.0 Å². The van der Waals surface area contributed by atoms with E-state index in [1.165, 1.54) is 35.5 Å². The van der Waals surface area contributed by atoms with Crippen molar-refractivity contribution in [1.82, 2.24) is 5.32 Å². The zero-order valence-corrected chi connectivity index (χ0v) is 22.3. The lowest BCUT2D eigenvalue weighted by molar-refractivity contribution is -0.137. The van der Waals surface area contributed by atoms with Crippen LogP contribution in [0, 0.1) is 6.92 Å². The van der Waals surface area contributed by atoms with Crippen molar-refractivity contribution in [2.45, 2.75) is 32.0 Å². The van der Waals surface area contributed by atoms with Crippen molar-refractivity contribution in [1.29, 1.82) is 0 Å². The number of morpholine rings is 1. The number of nitrogens with one attached hydrogen (secondary N) is 2. The van der Waals surface area contributed by atoms with Crippen LogP contribution in [0.4, 0.5) is 30.2 Å². The Morgan fingerprint density at radius 3 is 2.59 bits per heavy atom. The molecule has 0 radical (unpaired) electrons. The minimum atomic E-state index is -4.59. The summed E-state index contributed by atoms with van der Waals surface area (Å²) in [5.74, 6) is 0.335. The summed E-state index contributed by atoms with van der Waals surface area (Å²) in [4.78, 5) is 18.0. The second-order valence-corrected chi connectivity index (χ2v) is 11.1. The smallest absolute Gasteiger partial charge is 0.381 e. The minimum Gasteiger partial charge on any atom is -0.381 e. The monoisotopic (exact) mass is 554 g/mol. The van der Waals surface area contributed by atoms with Crippen molar-refractivity contribution in [2.75, 3.05) is 47.2 Å². The molecule has 6 rings (SSSR count). The number of allylic oxidation sites excluding steroid dienone is 1. The second kappa shape index (κ2) is 10.3. The molecule has 3 heterocycles. The van der Waals surface area contributed by atoms with E-state index in [0.29, 0.717) is 38.0 Å². The number of halogens is 3. The quantitative estimate of drug-likeness (QED) is 0.455. The van der Waals surface area contributed by atoms with Gasteiger partial charge in [0.15, 0.2) is 0 Å². The third-order valence-corrected chi connectivity index (χ3v) is 8.17. The second-order valence-electron chi connectivity index (χ2n) is 10.1. The lowest BCUT2D eigenvalue weighted by Gasteiger charge is -2.31. The standard InChI is InChI=1S/C29H29F3N4O2S/c1-18-2-4-21(15-26(18)36-16-24(33-20-5-6-20)22-8-13-39-27(22)17-36)34-28(37)19-3-7-25(23(14-19)29(30,31)32)35-9-11-38-12-10-35/h2-4,7-8,14-17,20,33H,5-6,9-13H2,1H3,(H,34,37). The third-order valence-electron chi connectivity index (χ3n) is 7.20. The fraction of sp³-hybridized carbons (Fsp3) is 0.345. The fourth-order valence-electron chi connectivity index (χ4n) is 4.97. The normalized spacial score (nSPS) is 19.2. The number of aryl methyl sites for hydroxylation is 1. The average molecular weight is 555 g/mol. The Morgan fingerprint density at radius 1 is 1.05 bits per heavy atom. The highest BCUT2D eigenvalue weighted by Gasteiger charge is 2.36. The summed E-state index contributed by atoms with van der Waals surface area (Å²) in [7, 11) is 0. The van der Waals surface area contributed by atoms with E-state index < -0.39 is 17.6 Å². The molecule has 1 amide bonds. The Morgan fingerprint density at radius 2 is 1.85 bits per heavy atom. The average Bonchev–Trinajstić information content (AvgIpc) is 3.61. The van der Waals surface area contributed by atoms with Gasteiger partial charge in [0.2, 0.25) is 0 Å². The Hall–Kier alpha value is -3.37. The molecule has 1 aliphatic carbocycles. The summed E-state index contributed by atoms with van der Waals surface area (Å²) in [5, 5.41) is 6.42. The van der Waals surface area contributed by atoms with Crippen molar-refractivity contribution < 1.29 is 22.7 Å². The van der Waals surface area contributed by atoms with Crippen LogP contribution in [0.25, 0.3) is 0 Å². The number of thioether (sulfide) groups is 1. The van der Waals surface area contributed by atoms with Crippen molar-refractivity contribution in [2.24, 2.45) is 0 Å². The highest BCUT2D eigenvalue weighted by atomic mass is 32.2. The van der Waals surface area contributed by atoms with Gasteiger partial charge in [0.25, 0.3) is 5.91 Å². The van der Waals surface area contributed by atoms with E-state index in [2.05, 4.69) is 34.0 Å². The summed E-state index contributed by atoms with van der Waals surface area (Å²) < 4.78 is 47.2. The van der Waals surface area contributed by atoms with Gasteiger partial charge in [0, 0.05) is 64.7 Å². The van der Waals surface area contributed by atoms with Crippen molar-refractivity contribution in [3.63, 3.8) is 0 Å². The molecule has 1 saturated carbocycles. The van der Waals surface area contributed by atoms with Crippen LogP contribution in [-0.2, 0) is 10.9 Å². The first kappa shape index (κ1) is 25.9. The Bertz CT molecular complexity index is 1390. The zero-order chi connectivity index (χ0) is 27.1. The van der Waals surface area contributed by atoms with Gasteiger partial charge in [-0.15, -0.1) is 11.8 Å². The maximum absolute atomic E-state index is 14.0. The first-order valence-electron chi connectivity index (χ1n) is 13.0. The minimum absolute atomic E-state index is 0.0468. The molecule has 6 nitrogen and oxygen atoms in total. The predicted molar refractivity (Wildman–Crippen MR) is 149 cm³/mol. The Kier molecular flexibility index (Phi) is 6.84. The lowest BCUT2D eigenvalue weighted by Crippen LogP contribution is -2.37. The van der Waals surface area contributed by atoms with E-state index in [0.717, 1.165) is 28.8 Å². The molecule has 204 valence electrons. The maximum atomic E-state index is 14.0. The van der Waals surface area contributed by atoms with Gasteiger partial charge in [-0.1, -0.05) is 12.1 Å². The molecule has 0 bridgehead atoms. The molecule has 3 aliphatic heterocycles. The number of carbonyl (C=O) groups is 1. The number of carbonyl (C=O) groups excluding carboxylic acids is 1.